The van der Waals surface area contributed by atoms with Crippen molar-refractivity contribution in [2.45, 2.75) is 77.9 Å². The van der Waals surface area contributed by atoms with Crippen molar-refractivity contribution in [1.29, 1.82) is 0 Å². The summed E-state index contributed by atoms with van der Waals surface area (Å²) in [6.07, 6.45) is 0.761. The number of alkyl halides is 3. The summed E-state index contributed by atoms with van der Waals surface area (Å²) in [7, 11) is 3.90. The number of piperidine rings is 1. The zero-order valence-electron chi connectivity index (χ0n) is 24.7. The van der Waals surface area contributed by atoms with Crippen LogP contribution in [0.4, 0.5) is 24.8 Å². The smallest absolute Gasteiger partial charge is 0.339 e. The first-order valence-electron chi connectivity index (χ1n) is 14.6. The molecule has 2 fully saturated rings. The quantitative estimate of drug-likeness (QED) is 0.380. The standard InChI is InChI=1S/C31H42F3N5O2/c1-19(2)15-28(40)24-8-6-7-21(24)16-27-26(31(32,33)34)18-35-30(37-27)36-22-10-9-20(3)25(17-22)29(41)39(5)23-11-13-38(4)14-12-23/h9-10,17-19,21,23-24H,6-8,11-16H2,1-5H3,(H,35,36,37)/t21-,24-/m0/s1. The lowest BCUT2D eigenvalue weighted by Crippen LogP contribution is -2.44. The zero-order valence-corrected chi connectivity index (χ0v) is 24.7. The van der Waals surface area contributed by atoms with Crippen LogP contribution in [-0.4, -0.2) is 64.7 Å². The van der Waals surface area contributed by atoms with E-state index in [-0.39, 0.29) is 53.5 Å². The fraction of sp³-hybridized carbons (Fsp3) is 0.613. The third kappa shape index (κ3) is 7.64. The molecule has 10 heteroatoms. The first kappa shape index (κ1) is 30.9. The van der Waals surface area contributed by atoms with Crippen molar-refractivity contribution in [3.63, 3.8) is 0 Å². The van der Waals surface area contributed by atoms with Crippen molar-refractivity contribution in [2.24, 2.45) is 17.8 Å². The highest BCUT2D eigenvalue weighted by molar-refractivity contribution is 5.96. The van der Waals surface area contributed by atoms with Crippen LogP contribution in [0.15, 0.2) is 24.4 Å². The predicted molar refractivity (Wildman–Crippen MR) is 153 cm³/mol. The van der Waals surface area contributed by atoms with E-state index in [1.807, 2.05) is 33.9 Å². The predicted octanol–water partition coefficient (Wildman–Crippen LogP) is 6.29. The number of benzene rings is 1. The summed E-state index contributed by atoms with van der Waals surface area (Å²) in [5.41, 5.74) is 0.889. The summed E-state index contributed by atoms with van der Waals surface area (Å²) < 4.78 is 41.8. The SMILES string of the molecule is Cc1ccc(Nc2ncc(C(F)(F)F)c(C[C@@H]3CCC[C@@H]3C(=O)CC(C)C)n2)cc1C(=O)N(C)C1CCN(C)CC1. The molecule has 0 spiro atoms. The fourth-order valence-corrected chi connectivity index (χ4v) is 6.17. The monoisotopic (exact) mass is 573 g/mol. The minimum Gasteiger partial charge on any atom is -0.339 e. The van der Waals surface area contributed by atoms with Crippen LogP contribution in [0.2, 0.25) is 0 Å². The van der Waals surface area contributed by atoms with Crippen LogP contribution in [0.5, 0.6) is 0 Å². The number of hydrogen-bond acceptors (Lipinski definition) is 6. The normalized spacial score (nSPS) is 20.4. The molecule has 0 unspecified atom stereocenters. The van der Waals surface area contributed by atoms with Crippen molar-refractivity contribution >= 4 is 23.3 Å². The summed E-state index contributed by atoms with van der Waals surface area (Å²) in [6.45, 7) is 7.68. The number of halogens is 3. The van der Waals surface area contributed by atoms with E-state index in [4.69, 9.17) is 0 Å². The van der Waals surface area contributed by atoms with Gasteiger partial charge in [-0.15, -0.1) is 0 Å². The molecule has 224 valence electrons. The van der Waals surface area contributed by atoms with E-state index in [1.165, 1.54) is 0 Å². The summed E-state index contributed by atoms with van der Waals surface area (Å²) in [5.74, 6) is -0.138. The number of nitrogens with one attached hydrogen (secondary N) is 1. The van der Waals surface area contributed by atoms with Gasteiger partial charge in [0.15, 0.2) is 0 Å². The molecule has 1 amide bonds. The first-order valence-corrected chi connectivity index (χ1v) is 14.6. The lowest BCUT2D eigenvalue weighted by Gasteiger charge is -2.35. The second-order valence-corrected chi connectivity index (χ2v) is 12.2. The van der Waals surface area contributed by atoms with Crippen molar-refractivity contribution in [2.75, 3.05) is 32.5 Å². The van der Waals surface area contributed by atoms with Crippen molar-refractivity contribution < 1.29 is 22.8 Å². The Labute approximate surface area is 240 Å². The van der Waals surface area contributed by atoms with E-state index >= 15 is 0 Å². The lowest BCUT2D eigenvalue weighted by molar-refractivity contribution is -0.138. The van der Waals surface area contributed by atoms with Gasteiger partial charge in [0, 0.05) is 42.9 Å². The summed E-state index contributed by atoms with van der Waals surface area (Å²) in [4.78, 5) is 38.6. The third-order valence-electron chi connectivity index (χ3n) is 8.59. The maximum Gasteiger partial charge on any atom is 0.419 e. The molecular formula is C31H42F3N5O2. The zero-order chi connectivity index (χ0) is 29.9. The Morgan fingerprint density at radius 3 is 2.51 bits per heavy atom. The summed E-state index contributed by atoms with van der Waals surface area (Å²) >= 11 is 0. The van der Waals surface area contributed by atoms with Crippen LogP contribution >= 0.6 is 0 Å². The topological polar surface area (TPSA) is 78.4 Å². The number of aromatic nitrogens is 2. The van der Waals surface area contributed by atoms with E-state index in [2.05, 4.69) is 27.2 Å². The van der Waals surface area contributed by atoms with Crippen LogP contribution in [-0.2, 0) is 17.4 Å². The van der Waals surface area contributed by atoms with E-state index in [0.717, 1.165) is 44.1 Å². The van der Waals surface area contributed by atoms with Gasteiger partial charge in [-0.1, -0.05) is 26.3 Å². The number of aryl methyl sites for hydroxylation is 1. The Balaban J connectivity index is 1.55. The Morgan fingerprint density at radius 1 is 1.15 bits per heavy atom. The molecule has 41 heavy (non-hydrogen) atoms. The molecule has 0 radical (unpaired) electrons. The molecule has 1 aliphatic carbocycles. The van der Waals surface area contributed by atoms with Gasteiger partial charge in [0.05, 0.1) is 11.3 Å². The first-order chi connectivity index (χ1) is 19.3. The largest absolute Gasteiger partial charge is 0.419 e. The van der Waals surface area contributed by atoms with Gasteiger partial charge in [0.1, 0.15) is 5.78 Å². The van der Waals surface area contributed by atoms with E-state index in [1.54, 1.807) is 17.0 Å². The summed E-state index contributed by atoms with van der Waals surface area (Å²) in [5, 5.41) is 3.02. The molecule has 4 rings (SSSR count). The van der Waals surface area contributed by atoms with Crippen LogP contribution in [0.1, 0.15) is 79.6 Å². The molecule has 1 N–H and O–H groups in total. The number of rotatable bonds is 9. The Morgan fingerprint density at radius 2 is 1.85 bits per heavy atom. The molecule has 2 heterocycles. The number of anilines is 2. The molecule has 1 aromatic heterocycles. The number of ketones is 1. The minimum atomic E-state index is -4.61. The lowest BCUT2D eigenvalue weighted by atomic mass is 9.84. The highest BCUT2D eigenvalue weighted by atomic mass is 19.4. The number of amides is 1. The average Bonchev–Trinajstić information content (AvgIpc) is 3.37. The van der Waals surface area contributed by atoms with E-state index < -0.39 is 11.7 Å². The van der Waals surface area contributed by atoms with Gasteiger partial charge in [-0.3, -0.25) is 9.59 Å². The molecular weight excluding hydrogens is 531 g/mol. The number of likely N-dealkylation sites (tertiary alicyclic amines) is 1. The van der Waals surface area contributed by atoms with Gasteiger partial charge >= 0.3 is 6.18 Å². The van der Waals surface area contributed by atoms with Crippen LogP contribution in [0.3, 0.4) is 0 Å². The van der Waals surface area contributed by atoms with Crippen LogP contribution < -0.4 is 5.32 Å². The number of Topliss-reactive ketones (excluding diaryl/α,β-unsaturated/α-hetero) is 1. The molecule has 1 aromatic carbocycles. The minimum absolute atomic E-state index is 0.0296. The number of carbonyl (C=O) groups excluding carboxylic acids is 2. The molecule has 1 saturated heterocycles. The highest BCUT2D eigenvalue weighted by Crippen LogP contribution is 2.39. The molecule has 7 nitrogen and oxygen atoms in total. The average molecular weight is 574 g/mol. The molecule has 1 saturated carbocycles. The molecule has 2 atom stereocenters. The fourth-order valence-electron chi connectivity index (χ4n) is 6.17. The molecule has 1 aliphatic heterocycles. The van der Waals surface area contributed by atoms with Gasteiger partial charge in [-0.05, 0) is 88.7 Å². The van der Waals surface area contributed by atoms with E-state index in [9.17, 15) is 22.8 Å². The van der Waals surface area contributed by atoms with Crippen molar-refractivity contribution in [1.82, 2.24) is 19.8 Å². The Bertz CT molecular complexity index is 1240. The number of hydrogen-bond donors (Lipinski definition) is 1. The van der Waals surface area contributed by atoms with Gasteiger partial charge in [0.2, 0.25) is 5.95 Å². The van der Waals surface area contributed by atoms with Crippen LogP contribution in [0, 0.1) is 24.7 Å². The molecule has 0 bridgehead atoms. The maximum atomic E-state index is 13.9. The van der Waals surface area contributed by atoms with Crippen molar-refractivity contribution in [3.8, 4) is 0 Å². The maximum absolute atomic E-state index is 13.9. The van der Waals surface area contributed by atoms with Gasteiger partial charge in [-0.25, -0.2) is 9.97 Å². The van der Waals surface area contributed by atoms with Crippen molar-refractivity contribution in [3.05, 3.63) is 46.8 Å². The molecule has 2 aliphatic rings. The van der Waals surface area contributed by atoms with E-state index in [0.29, 0.717) is 30.5 Å². The highest BCUT2D eigenvalue weighted by Gasteiger charge is 2.39. The Hall–Kier alpha value is -3.01. The van der Waals surface area contributed by atoms with Gasteiger partial charge in [0.25, 0.3) is 5.91 Å². The number of nitrogens with zero attached hydrogens (tertiary/aromatic N) is 4. The third-order valence-corrected chi connectivity index (χ3v) is 8.59. The second-order valence-electron chi connectivity index (χ2n) is 12.2. The number of carbonyl (C=O) groups is 2. The van der Waals surface area contributed by atoms with Crippen LogP contribution in [0.25, 0.3) is 0 Å². The summed E-state index contributed by atoms with van der Waals surface area (Å²) in [6, 6.07) is 5.44. The Kier molecular flexibility index (Phi) is 9.72. The second kappa shape index (κ2) is 12.9. The molecule has 2 aromatic rings. The van der Waals surface area contributed by atoms with Gasteiger partial charge < -0.3 is 15.1 Å². The van der Waals surface area contributed by atoms with Gasteiger partial charge in [-0.2, -0.15) is 13.2 Å².